The molecule has 0 nitrogen and oxygen atoms in total. The van der Waals surface area contributed by atoms with Crippen molar-refractivity contribution >= 4 is 21.6 Å². The lowest BCUT2D eigenvalue weighted by atomic mass is 10.0. The van der Waals surface area contributed by atoms with Gasteiger partial charge >= 0.3 is 0 Å². The molecule has 2 heteroatoms. The summed E-state index contributed by atoms with van der Waals surface area (Å²) < 4.78 is 0. The van der Waals surface area contributed by atoms with Gasteiger partial charge in [0.1, 0.15) is 0 Å². The van der Waals surface area contributed by atoms with Gasteiger partial charge in [0.25, 0.3) is 0 Å². The first-order chi connectivity index (χ1) is 11.4. The number of rotatable bonds is 20. The fraction of sp³-hybridized carbons (Fsp3) is 1.00. The van der Waals surface area contributed by atoms with Crippen molar-refractivity contribution in [3.05, 3.63) is 0 Å². The fourth-order valence-electron chi connectivity index (χ4n) is 2.91. The maximum Gasteiger partial charge on any atom is 0.00369 e. The normalized spacial score (nSPS) is 11.2. The van der Waals surface area contributed by atoms with Gasteiger partial charge in [-0.15, -0.1) is 0 Å². The molecule has 0 radical (unpaired) electrons. The Kier molecular flexibility index (Phi) is 23.4. The quantitative estimate of drug-likeness (QED) is 0.157. The van der Waals surface area contributed by atoms with Crippen LogP contribution in [0.3, 0.4) is 0 Å². The van der Waals surface area contributed by atoms with Gasteiger partial charge in [0.05, 0.1) is 0 Å². The maximum atomic E-state index is 2.30. The lowest BCUT2D eigenvalue weighted by Crippen LogP contribution is -1.84. The minimum atomic E-state index is 1.32. The van der Waals surface area contributed by atoms with Gasteiger partial charge in [-0.05, 0) is 12.8 Å². The first kappa shape index (κ1) is 23.7. The van der Waals surface area contributed by atoms with Crippen molar-refractivity contribution in [3.8, 4) is 0 Å². The van der Waals surface area contributed by atoms with Crippen molar-refractivity contribution in [1.82, 2.24) is 0 Å². The van der Waals surface area contributed by atoms with Crippen LogP contribution in [-0.2, 0) is 0 Å². The van der Waals surface area contributed by atoms with Gasteiger partial charge in [0.2, 0.25) is 0 Å². The highest BCUT2D eigenvalue weighted by Gasteiger charge is 1.95. The lowest BCUT2D eigenvalue weighted by Gasteiger charge is -2.03. The van der Waals surface area contributed by atoms with Crippen LogP contribution in [0.1, 0.15) is 123 Å². The average Bonchev–Trinajstić information content (AvgIpc) is 2.57. The van der Waals surface area contributed by atoms with Crippen LogP contribution in [0, 0.1) is 0 Å². The van der Waals surface area contributed by atoms with Crippen LogP contribution in [0.5, 0.6) is 0 Å². The Hall–Kier alpha value is 0.700. The van der Waals surface area contributed by atoms with Crippen LogP contribution < -0.4 is 0 Å². The van der Waals surface area contributed by atoms with Crippen LogP contribution in [-0.4, -0.2) is 11.5 Å². The van der Waals surface area contributed by atoms with Gasteiger partial charge in [0, 0.05) is 11.5 Å². The summed E-state index contributed by atoms with van der Waals surface area (Å²) in [4.78, 5) is 0. The topological polar surface area (TPSA) is 0 Å². The molecule has 0 heterocycles. The third-order valence-electron chi connectivity index (χ3n) is 4.45. The van der Waals surface area contributed by atoms with Crippen LogP contribution >= 0.6 is 21.6 Å². The summed E-state index contributed by atoms with van der Waals surface area (Å²) in [5.41, 5.74) is 0. The third-order valence-corrected chi connectivity index (χ3v) is 7.15. The predicted octanol–water partition coefficient (Wildman–Crippen LogP) is 9.04. The highest BCUT2D eigenvalue weighted by molar-refractivity contribution is 8.76. The largest absolute Gasteiger partial charge is 0.0942 e. The second-order valence-corrected chi connectivity index (χ2v) is 9.65. The highest BCUT2D eigenvalue weighted by atomic mass is 33.1. The van der Waals surface area contributed by atoms with Crippen molar-refractivity contribution < 1.29 is 0 Å². The second-order valence-electron chi connectivity index (χ2n) is 6.95. The van der Waals surface area contributed by atoms with E-state index in [0.717, 1.165) is 0 Å². The first-order valence-electron chi connectivity index (χ1n) is 10.7. The van der Waals surface area contributed by atoms with E-state index in [-0.39, 0.29) is 0 Å². The first-order valence-corrected chi connectivity index (χ1v) is 13.1. The Labute approximate surface area is 156 Å². The summed E-state index contributed by atoms with van der Waals surface area (Å²) in [7, 11) is 4.14. The molecule has 0 aromatic heterocycles. The summed E-state index contributed by atoms with van der Waals surface area (Å²) in [6.45, 7) is 4.56. The van der Waals surface area contributed by atoms with Gasteiger partial charge in [-0.1, -0.05) is 132 Å². The van der Waals surface area contributed by atoms with Crippen molar-refractivity contribution in [2.45, 2.75) is 123 Å². The average molecular weight is 361 g/mol. The van der Waals surface area contributed by atoms with Crippen molar-refractivity contribution in [2.24, 2.45) is 0 Å². The van der Waals surface area contributed by atoms with Crippen LogP contribution in [0.25, 0.3) is 0 Å². The predicted molar refractivity (Wildman–Crippen MR) is 115 cm³/mol. The number of hydrogen-bond acceptors (Lipinski definition) is 2. The standard InChI is InChI=1S/C21H44S2/c1-3-5-6-7-8-9-10-11-12-13-14-15-16-17-18-19-21-23-22-20-4-2/h3-21H2,1-2H3. The summed E-state index contributed by atoms with van der Waals surface area (Å²) >= 11 is 0. The molecule has 0 aromatic carbocycles. The van der Waals surface area contributed by atoms with Crippen molar-refractivity contribution in [3.63, 3.8) is 0 Å². The zero-order chi connectivity index (χ0) is 16.8. The maximum absolute atomic E-state index is 2.30. The molecule has 0 saturated carbocycles. The molecule has 0 rings (SSSR count). The van der Waals surface area contributed by atoms with E-state index in [1.807, 2.05) is 0 Å². The molecule has 0 spiro atoms. The van der Waals surface area contributed by atoms with Crippen LogP contribution in [0.2, 0.25) is 0 Å². The van der Waals surface area contributed by atoms with Crippen LogP contribution in [0.15, 0.2) is 0 Å². The van der Waals surface area contributed by atoms with Crippen molar-refractivity contribution in [2.75, 3.05) is 11.5 Å². The number of hydrogen-bond donors (Lipinski definition) is 0. The summed E-state index contributed by atoms with van der Waals surface area (Å²) in [6.07, 6.45) is 24.8. The molecule has 0 amide bonds. The molecule has 0 N–H and O–H groups in total. The Morgan fingerprint density at radius 2 is 0.696 bits per heavy atom. The zero-order valence-corrected chi connectivity index (χ0v) is 17.9. The molecule has 0 unspecified atom stereocenters. The second kappa shape index (κ2) is 22.7. The van der Waals surface area contributed by atoms with Gasteiger partial charge < -0.3 is 0 Å². The molecule has 140 valence electrons. The molecule has 0 bridgehead atoms. The van der Waals surface area contributed by atoms with E-state index in [1.54, 1.807) is 0 Å². The monoisotopic (exact) mass is 360 g/mol. The zero-order valence-electron chi connectivity index (χ0n) is 16.3. The molecular formula is C21H44S2. The van der Waals surface area contributed by atoms with E-state index >= 15 is 0 Å². The summed E-state index contributed by atoms with van der Waals surface area (Å²) in [5.74, 6) is 2.69. The lowest BCUT2D eigenvalue weighted by molar-refractivity contribution is 0.532. The molecular weight excluding hydrogens is 316 g/mol. The number of unbranched alkanes of at least 4 members (excludes halogenated alkanes) is 15. The summed E-state index contributed by atoms with van der Waals surface area (Å²) in [5, 5.41) is 0. The molecule has 0 saturated heterocycles. The molecule has 0 aliphatic carbocycles. The Bertz CT molecular complexity index is 174. The summed E-state index contributed by atoms with van der Waals surface area (Å²) in [6, 6.07) is 0. The smallest absolute Gasteiger partial charge is 0.00369 e. The van der Waals surface area contributed by atoms with Gasteiger partial charge in [-0.25, -0.2) is 0 Å². The van der Waals surface area contributed by atoms with E-state index in [4.69, 9.17) is 0 Å². The molecule has 0 atom stereocenters. The molecule has 23 heavy (non-hydrogen) atoms. The molecule has 0 aliphatic rings. The Morgan fingerprint density at radius 3 is 1.09 bits per heavy atom. The van der Waals surface area contributed by atoms with E-state index in [9.17, 15) is 0 Å². The van der Waals surface area contributed by atoms with Crippen molar-refractivity contribution in [1.29, 1.82) is 0 Å². The Balaban J connectivity index is 2.92. The minimum Gasteiger partial charge on any atom is -0.0942 e. The Morgan fingerprint density at radius 1 is 0.348 bits per heavy atom. The van der Waals surface area contributed by atoms with E-state index in [0.29, 0.717) is 0 Å². The highest BCUT2D eigenvalue weighted by Crippen LogP contribution is 2.23. The van der Waals surface area contributed by atoms with E-state index in [1.165, 1.54) is 121 Å². The van der Waals surface area contributed by atoms with E-state index < -0.39 is 0 Å². The third kappa shape index (κ3) is 22.7. The fourth-order valence-corrected chi connectivity index (χ4v) is 5.20. The van der Waals surface area contributed by atoms with Gasteiger partial charge in [-0.3, -0.25) is 0 Å². The van der Waals surface area contributed by atoms with Gasteiger partial charge in [0.15, 0.2) is 0 Å². The SMILES string of the molecule is CCCCCCCCCCCCCCCCCCSSCCC. The minimum absolute atomic E-state index is 1.32. The molecule has 0 aliphatic heterocycles. The molecule has 0 fully saturated rings. The van der Waals surface area contributed by atoms with Gasteiger partial charge in [-0.2, -0.15) is 0 Å². The van der Waals surface area contributed by atoms with Crippen LogP contribution in [0.4, 0.5) is 0 Å². The van der Waals surface area contributed by atoms with E-state index in [2.05, 4.69) is 35.4 Å². The molecule has 0 aromatic rings.